The number of benzene rings is 2. The Morgan fingerprint density at radius 3 is 2.39 bits per heavy atom. The van der Waals surface area contributed by atoms with Crippen molar-refractivity contribution < 1.29 is 17.9 Å². The van der Waals surface area contributed by atoms with E-state index in [0.29, 0.717) is 5.75 Å². The van der Waals surface area contributed by atoms with E-state index >= 15 is 0 Å². The fourth-order valence-corrected chi connectivity index (χ4v) is 3.07. The summed E-state index contributed by atoms with van der Waals surface area (Å²) in [4.78, 5) is 0.199. The number of hydrogen-bond donors (Lipinski definition) is 1. The molecule has 0 amide bonds. The Morgan fingerprint density at radius 2 is 1.74 bits per heavy atom. The minimum Gasteiger partial charge on any atom is -0.497 e. The molecule has 0 saturated heterocycles. The molecule has 2 aromatic rings. The van der Waals surface area contributed by atoms with E-state index in [-0.39, 0.29) is 18.0 Å². The first-order chi connectivity index (χ1) is 10.9. The van der Waals surface area contributed by atoms with Gasteiger partial charge in [0.05, 0.1) is 12.0 Å². The van der Waals surface area contributed by atoms with Crippen LogP contribution in [0.25, 0.3) is 0 Å². The molecule has 0 heterocycles. The topological polar surface area (TPSA) is 64.6 Å². The van der Waals surface area contributed by atoms with Crippen molar-refractivity contribution in [2.75, 3.05) is 20.3 Å². The average molecular weight is 335 g/mol. The summed E-state index contributed by atoms with van der Waals surface area (Å²) in [5, 5.41) is 0. The lowest BCUT2D eigenvalue weighted by Gasteiger charge is -2.12. The quantitative estimate of drug-likeness (QED) is 0.790. The number of hydrogen-bond acceptors (Lipinski definition) is 4. The van der Waals surface area contributed by atoms with Gasteiger partial charge in [-0.3, -0.25) is 0 Å². The van der Waals surface area contributed by atoms with E-state index < -0.39 is 10.0 Å². The Morgan fingerprint density at radius 1 is 1.04 bits per heavy atom. The minimum absolute atomic E-state index is 0.196. The van der Waals surface area contributed by atoms with Crippen molar-refractivity contribution in [1.29, 1.82) is 0 Å². The van der Waals surface area contributed by atoms with Gasteiger partial charge in [0.2, 0.25) is 10.0 Å². The van der Waals surface area contributed by atoms with Gasteiger partial charge in [-0.15, -0.1) is 0 Å². The lowest BCUT2D eigenvalue weighted by Crippen LogP contribution is -2.28. The molecule has 0 radical (unpaired) electrons. The van der Waals surface area contributed by atoms with Crippen molar-refractivity contribution in [3.63, 3.8) is 0 Å². The number of sulfonamides is 1. The fourth-order valence-electron chi connectivity index (χ4n) is 2.06. The van der Waals surface area contributed by atoms with Gasteiger partial charge in [-0.05, 0) is 55.3 Å². The van der Waals surface area contributed by atoms with E-state index in [9.17, 15) is 8.42 Å². The second kappa shape index (κ2) is 7.48. The predicted octanol–water partition coefficient (Wildman–Crippen LogP) is 2.67. The van der Waals surface area contributed by atoms with Gasteiger partial charge in [0.1, 0.15) is 18.1 Å². The molecule has 2 rings (SSSR count). The summed E-state index contributed by atoms with van der Waals surface area (Å²) >= 11 is 0. The zero-order valence-corrected chi connectivity index (χ0v) is 14.3. The highest BCUT2D eigenvalue weighted by atomic mass is 32.2. The van der Waals surface area contributed by atoms with Crippen molar-refractivity contribution in [3.8, 4) is 11.5 Å². The molecule has 0 saturated carbocycles. The smallest absolute Gasteiger partial charge is 0.240 e. The number of aryl methyl sites for hydroxylation is 1. The molecule has 6 heteroatoms. The van der Waals surface area contributed by atoms with Crippen LogP contribution < -0.4 is 14.2 Å². The van der Waals surface area contributed by atoms with Crippen LogP contribution in [0.15, 0.2) is 47.4 Å². The molecule has 23 heavy (non-hydrogen) atoms. The number of ether oxygens (including phenoxy) is 2. The summed E-state index contributed by atoms with van der Waals surface area (Å²) in [5.74, 6) is 1.39. The Hall–Kier alpha value is -2.05. The molecule has 0 bridgehead atoms. The molecule has 0 aliphatic carbocycles. The molecule has 0 unspecified atom stereocenters. The van der Waals surface area contributed by atoms with E-state index in [2.05, 4.69) is 4.72 Å². The molecular weight excluding hydrogens is 314 g/mol. The largest absolute Gasteiger partial charge is 0.497 e. The minimum atomic E-state index is -3.54. The maximum absolute atomic E-state index is 12.2. The molecule has 0 aliphatic heterocycles. The zero-order valence-electron chi connectivity index (χ0n) is 13.5. The maximum Gasteiger partial charge on any atom is 0.240 e. The zero-order chi connectivity index (χ0) is 16.9. The van der Waals surface area contributed by atoms with Crippen molar-refractivity contribution in [1.82, 2.24) is 4.72 Å². The van der Waals surface area contributed by atoms with Crippen LogP contribution in [-0.2, 0) is 10.0 Å². The third kappa shape index (κ3) is 4.46. The van der Waals surface area contributed by atoms with Gasteiger partial charge in [0.25, 0.3) is 0 Å². The van der Waals surface area contributed by atoms with Crippen LogP contribution >= 0.6 is 0 Å². The van der Waals surface area contributed by atoms with Crippen molar-refractivity contribution in [2.45, 2.75) is 18.7 Å². The SMILES string of the molecule is COc1ccc(S(=O)(=O)NCCOc2cccc(C)c2C)cc1. The third-order valence-electron chi connectivity index (χ3n) is 3.58. The third-order valence-corrected chi connectivity index (χ3v) is 5.05. The molecule has 5 nitrogen and oxygen atoms in total. The standard InChI is InChI=1S/C17H21NO4S/c1-13-5-4-6-17(14(13)2)22-12-11-18-23(19,20)16-9-7-15(21-3)8-10-16/h4-10,18H,11-12H2,1-3H3. The van der Waals surface area contributed by atoms with Crippen molar-refractivity contribution in [3.05, 3.63) is 53.6 Å². The van der Waals surface area contributed by atoms with Crippen LogP contribution in [-0.4, -0.2) is 28.7 Å². The molecule has 0 aliphatic rings. The molecular formula is C17H21NO4S. The summed E-state index contributed by atoms with van der Waals surface area (Å²) in [6, 6.07) is 12.0. The summed E-state index contributed by atoms with van der Waals surface area (Å²) in [5.41, 5.74) is 2.20. The number of methoxy groups -OCH3 is 1. The van der Waals surface area contributed by atoms with Crippen LogP contribution in [0.1, 0.15) is 11.1 Å². The van der Waals surface area contributed by atoms with Gasteiger partial charge in [0, 0.05) is 6.54 Å². The lowest BCUT2D eigenvalue weighted by atomic mass is 10.1. The normalized spacial score (nSPS) is 11.3. The van der Waals surface area contributed by atoms with Gasteiger partial charge >= 0.3 is 0 Å². The van der Waals surface area contributed by atoms with Crippen LogP contribution in [0.4, 0.5) is 0 Å². The summed E-state index contributed by atoms with van der Waals surface area (Å²) in [7, 11) is -2.01. The molecule has 0 fully saturated rings. The van der Waals surface area contributed by atoms with E-state index in [1.165, 1.54) is 19.2 Å². The van der Waals surface area contributed by atoms with Crippen LogP contribution in [0.2, 0.25) is 0 Å². The van der Waals surface area contributed by atoms with E-state index in [4.69, 9.17) is 9.47 Å². The Balaban J connectivity index is 1.90. The first-order valence-corrected chi connectivity index (χ1v) is 8.75. The predicted molar refractivity (Wildman–Crippen MR) is 89.6 cm³/mol. The average Bonchev–Trinajstić information content (AvgIpc) is 2.55. The first-order valence-electron chi connectivity index (χ1n) is 7.27. The van der Waals surface area contributed by atoms with E-state index in [0.717, 1.165) is 16.9 Å². The molecule has 124 valence electrons. The second-order valence-electron chi connectivity index (χ2n) is 5.12. The van der Waals surface area contributed by atoms with Crippen molar-refractivity contribution in [2.24, 2.45) is 0 Å². The molecule has 1 N–H and O–H groups in total. The van der Waals surface area contributed by atoms with Gasteiger partial charge in [0.15, 0.2) is 0 Å². The Kier molecular flexibility index (Phi) is 5.63. The molecule has 0 aromatic heterocycles. The highest BCUT2D eigenvalue weighted by molar-refractivity contribution is 7.89. The highest BCUT2D eigenvalue weighted by Crippen LogP contribution is 2.20. The Bertz CT molecular complexity index is 755. The summed E-state index contributed by atoms with van der Waals surface area (Å²) in [6.45, 7) is 4.45. The van der Waals surface area contributed by atoms with Crippen LogP contribution in [0, 0.1) is 13.8 Å². The highest BCUT2D eigenvalue weighted by Gasteiger charge is 2.13. The number of rotatable bonds is 7. The van der Waals surface area contributed by atoms with Crippen molar-refractivity contribution >= 4 is 10.0 Å². The van der Waals surface area contributed by atoms with Crippen LogP contribution in [0.3, 0.4) is 0 Å². The van der Waals surface area contributed by atoms with Crippen LogP contribution in [0.5, 0.6) is 11.5 Å². The Labute approximate surface area is 137 Å². The monoisotopic (exact) mass is 335 g/mol. The molecule has 0 spiro atoms. The molecule has 2 aromatic carbocycles. The van der Waals surface area contributed by atoms with Gasteiger partial charge < -0.3 is 9.47 Å². The fraction of sp³-hybridized carbons (Fsp3) is 0.294. The van der Waals surface area contributed by atoms with Gasteiger partial charge in [-0.1, -0.05) is 12.1 Å². The van der Waals surface area contributed by atoms with E-state index in [1.807, 2.05) is 32.0 Å². The van der Waals surface area contributed by atoms with Gasteiger partial charge in [-0.2, -0.15) is 0 Å². The maximum atomic E-state index is 12.2. The number of nitrogens with one attached hydrogen (secondary N) is 1. The second-order valence-corrected chi connectivity index (χ2v) is 6.89. The van der Waals surface area contributed by atoms with E-state index in [1.54, 1.807) is 12.1 Å². The lowest BCUT2D eigenvalue weighted by molar-refractivity contribution is 0.320. The summed E-state index contributed by atoms with van der Waals surface area (Å²) < 4.78 is 37.5. The van der Waals surface area contributed by atoms with Gasteiger partial charge in [-0.25, -0.2) is 13.1 Å². The molecule has 0 atom stereocenters. The summed E-state index contributed by atoms with van der Waals surface area (Å²) in [6.07, 6.45) is 0. The first kappa shape index (κ1) is 17.3.